The number of hydrogen-bond donors (Lipinski definition) is 3. The molecular weight excluding hydrogens is 242 g/mol. The molecule has 0 saturated carbocycles. The van der Waals surface area contributed by atoms with Gasteiger partial charge in [0.2, 0.25) is 15.9 Å². The third kappa shape index (κ3) is 5.99. The van der Waals surface area contributed by atoms with Crippen molar-refractivity contribution in [2.75, 3.05) is 32.4 Å². The SMILES string of the molecule is CNC(=O)CNS(=O)(=O)CCC1CCNCC1. The summed E-state index contributed by atoms with van der Waals surface area (Å²) in [6, 6.07) is 0. The molecule has 1 heterocycles. The van der Waals surface area contributed by atoms with Crippen LogP contribution in [0.25, 0.3) is 0 Å². The molecule has 3 N–H and O–H groups in total. The average Bonchev–Trinajstić information content (AvgIpc) is 2.35. The van der Waals surface area contributed by atoms with Crippen LogP contribution in [0.1, 0.15) is 19.3 Å². The zero-order chi connectivity index (χ0) is 12.7. The average molecular weight is 263 g/mol. The molecule has 6 nitrogen and oxygen atoms in total. The lowest BCUT2D eigenvalue weighted by Gasteiger charge is -2.22. The van der Waals surface area contributed by atoms with Gasteiger partial charge in [0.05, 0.1) is 12.3 Å². The van der Waals surface area contributed by atoms with Gasteiger partial charge in [-0.3, -0.25) is 4.79 Å². The largest absolute Gasteiger partial charge is 0.358 e. The number of likely N-dealkylation sites (N-methyl/N-ethyl adjacent to an activating group) is 1. The van der Waals surface area contributed by atoms with E-state index in [-0.39, 0.29) is 18.2 Å². The molecule has 0 unspecified atom stereocenters. The molecule has 0 aromatic carbocycles. The van der Waals surface area contributed by atoms with E-state index in [2.05, 4.69) is 15.4 Å². The maximum atomic E-state index is 11.6. The van der Waals surface area contributed by atoms with E-state index in [0.29, 0.717) is 12.3 Å². The van der Waals surface area contributed by atoms with Crippen LogP contribution in [0.3, 0.4) is 0 Å². The first-order valence-electron chi connectivity index (χ1n) is 5.92. The number of sulfonamides is 1. The van der Waals surface area contributed by atoms with Crippen LogP contribution < -0.4 is 15.4 Å². The lowest BCUT2D eigenvalue weighted by Crippen LogP contribution is -2.37. The van der Waals surface area contributed by atoms with E-state index in [1.54, 1.807) is 0 Å². The van der Waals surface area contributed by atoms with Gasteiger partial charge in [0.1, 0.15) is 0 Å². The Kier molecular flexibility index (Phi) is 5.87. The topological polar surface area (TPSA) is 87.3 Å². The van der Waals surface area contributed by atoms with Gasteiger partial charge in [0.15, 0.2) is 0 Å². The smallest absolute Gasteiger partial charge is 0.234 e. The Morgan fingerprint density at radius 2 is 2.00 bits per heavy atom. The van der Waals surface area contributed by atoms with Crippen molar-refractivity contribution in [2.24, 2.45) is 5.92 Å². The number of rotatable bonds is 6. The molecule has 1 aliphatic rings. The van der Waals surface area contributed by atoms with Crippen molar-refractivity contribution in [3.05, 3.63) is 0 Å². The van der Waals surface area contributed by atoms with Crippen LogP contribution in [0.5, 0.6) is 0 Å². The van der Waals surface area contributed by atoms with E-state index in [1.165, 1.54) is 7.05 Å². The normalized spacial score (nSPS) is 17.9. The van der Waals surface area contributed by atoms with Gasteiger partial charge in [-0.05, 0) is 38.3 Å². The van der Waals surface area contributed by atoms with Gasteiger partial charge in [0.25, 0.3) is 0 Å². The maximum Gasteiger partial charge on any atom is 0.234 e. The molecule has 1 aliphatic heterocycles. The predicted octanol–water partition coefficient (Wildman–Crippen LogP) is -0.958. The van der Waals surface area contributed by atoms with Gasteiger partial charge < -0.3 is 10.6 Å². The first kappa shape index (κ1) is 14.4. The van der Waals surface area contributed by atoms with Crippen molar-refractivity contribution in [3.8, 4) is 0 Å². The fraction of sp³-hybridized carbons (Fsp3) is 0.900. The molecule has 1 amide bonds. The second kappa shape index (κ2) is 6.93. The van der Waals surface area contributed by atoms with Gasteiger partial charge in [-0.2, -0.15) is 0 Å². The Bertz CT molecular complexity index is 337. The Hall–Kier alpha value is -0.660. The minimum absolute atomic E-state index is 0.106. The van der Waals surface area contributed by atoms with Crippen molar-refractivity contribution < 1.29 is 13.2 Å². The zero-order valence-electron chi connectivity index (χ0n) is 10.2. The minimum atomic E-state index is -3.32. The van der Waals surface area contributed by atoms with E-state index < -0.39 is 10.0 Å². The van der Waals surface area contributed by atoms with E-state index >= 15 is 0 Å². The second-order valence-corrected chi connectivity index (χ2v) is 6.22. The van der Waals surface area contributed by atoms with Crippen molar-refractivity contribution in [3.63, 3.8) is 0 Å². The quantitative estimate of drug-likeness (QED) is 0.576. The molecule has 0 aromatic heterocycles. The summed E-state index contributed by atoms with van der Waals surface area (Å²) in [4.78, 5) is 10.9. The lowest BCUT2D eigenvalue weighted by atomic mass is 9.96. The number of hydrogen-bond acceptors (Lipinski definition) is 4. The third-order valence-electron chi connectivity index (χ3n) is 2.99. The van der Waals surface area contributed by atoms with Crippen LogP contribution in [-0.2, 0) is 14.8 Å². The Morgan fingerprint density at radius 3 is 2.59 bits per heavy atom. The molecule has 1 saturated heterocycles. The number of nitrogens with one attached hydrogen (secondary N) is 3. The summed E-state index contributed by atoms with van der Waals surface area (Å²) in [5.41, 5.74) is 0. The van der Waals surface area contributed by atoms with Crippen LogP contribution in [0.15, 0.2) is 0 Å². The van der Waals surface area contributed by atoms with Crippen LogP contribution in [0.4, 0.5) is 0 Å². The Labute approximate surface area is 103 Å². The first-order valence-corrected chi connectivity index (χ1v) is 7.57. The van der Waals surface area contributed by atoms with Crippen molar-refractivity contribution >= 4 is 15.9 Å². The fourth-order valence-corrected chi connectivity index (χ4v) is 2.97. The molecule has 0 spiro atoms. The van der Waals surface area contributed by atoms with Crippen molar-refractivity contribution in [2.45, 2.75) is 19.3 Å². The van der Waals surface area contributed by atoms with Crippen molar-refractivity contribution in [1.82, 2.24) is 15.4 Å². The van der Waals surface area contributed by atoms with Crippen LogP contribution >= 0.6 is 0 Å². The minimum Gasteiger partial charge on any atom is -0.358 e. The summed E-state index contributed by atoms with van der Waals surface area (Å²) >= 11 is 0. The molecule has 1 rings (SSSR count). The van der Waals surface area contributed by atoms with Gasteiger partial charge in [-0.15, -0.1) is 0 Å². The summed E-state index contributed by atoms with van der Waals surface area (Å²) in [5.74, 6) is 0.262. The van der Waals surface area contributed by atoms with E-state index in [9.17, 15) is 13.2 Å². The number of piperidine rings is 1. The highest BCUT2D eigenvalue weighted by Gasteiger charge is 2.17. The molecule has 0 aliphatic carbocycles. The number of amides is 1. The highest BCUT2D eigenvalue weighted by atomic mass is 32.2. The van der Waals surface area contributed by atoms with Gasteiger partial charge in [-0.1, -0.05) is 0 Å². The van der Waals surface area contributed by atoms with Gasteiger partial charge in [-0.25, -0.2) is 13.1 Å². The molecule has 0 atom stereocenters. The highest BCUT2D eigenvalue weighted by molar-refractivity contribution is 7.89. The molecule has 0 bridgehead atoms. The van der Waals surface area contributed by atoms with Crippen LogP contribution in [-0.4, -0.2) is 46.8 Å². The van der Waals surface area contributed by atoms with E-state index in [1.807, 2.05) is 0 Å². The molecule has 7 heteroatoms. The zero-order valence-corrected chi connectivity index (χ0v) is 11.0. The molecule has 0 radical (unpaired) electrons. The Morgan fingerprint density at radius 1 is 1.35 bits per heavy atom. The second-order valence-electron chi connectivity index (χ2n) is 4.30. The summed E-state index contributed by atoms with van der Waals surface area (Å²) in [5, 5.41) is 5.61. The maximum absolute atomic E-state index is 11.6. The summed E-state index contributed by atoms with van der Waals surface area (Å²) in [6.07, 6.45) is 2.74. The number of carbonyl (C=O) groups excluding carboxylic acids is 1. The monoisotopic (exact) mass is 263 g/mol. The molecular formula is C10H21N3O3S. The standard InChI is InChI=1S/C10H21N3O3S/c1-11-10(14)8-13-17(15,16)7-4-9-2-5-12-6-3-9/h9,12-13H,2-8H2,1H3,(H,11,14). The van der Waals surface area contributed by atoms with Gasteiger partial charge >= 0.3 is 0 Å². The third-order valence-corrected chi connectivity index (χ3v) is 4.34. The summed E-state index contributed by atoms with van der Waals surface area (Å²) in [7, 11) is -1.84. The molecule has 1 fully saturated rings. The van der Waals surface area contributed by atoms with Gasteiger partial charge in [0, 0.05) is 7.05 Å². The molecule has 0 aromatic rings. The summed E-state index contributed by atoms with van der Waals surface area (Å²) < 4.78 is 25.5. The van der Waals surface area contributed by atoms with Crippen LogP contribution in [0.2, 0.25) is 0 Å². The predicted molar refractivity (Wildman–Crippen MR) is 66.1 cm³/mol. The van der Waals surface area contributed by atoms with Crippen LogP contribution in [0, 0.1) is 5.92 Å². The highest BCUT2D eigenvalue weighted by Crippen LogP contribution is 2.16. The molecule has 100 valence electrons. The summed E-state index contributed by atoms with van der Waals surface area (Å²) in [6.45, 7) is 1.76. The molecule has 17 heavy (non-hydrogen) atoms. The fourth-order valence-electron chi connectivity index (χ4n) is 1.83. The van der Waals surface area contributed by atoms with E-state index in [0.717, 1.165) is 25.9 Å². The van der Waals surface area contributed by atoms with E-state index in [4.69, 9.17) is 0 Å². The number of carbonyl (C=O) groups is 1. The first-order chi connectivity index (χ1) is 8.03. The Balaban J connectivity index is 2.26. The van der Waals surface area contributed by atoms with Crippen molar-refractivity contribution in [1.29, 1.82) is 0 Å². The lowest BCUT2D eigenvalue weighted by molar-refractivity contribution is -0.119.